The molecule has 2 nitrogen and oxygen atoms in total. The molecule has 46 heavy (non-hydrogen) atoms. The van der Waals surface area contributed by atoms with Crippen LogP contribution in [0.1, 0.15) is 52.7 Å². The fraction of sp³-hybridized carbons (Fsp3) is 0.190. The van der Waals surface area contributed by atoms with E-state index in [-0.39, 0.29) is 17.7 Å². The summed E-state index contributed by atoms with van der Waals surface area (Å²) in [6, 6.07) is 40.6. The van der Waals surface area contributed by atoms with E-state index in [0.29, 0.717) is 0 Å². The second-order valence-corrected chi connectivity index (χ2v) is 16.0. The Morgan fingerprint density at radius 3 is 2.04 bits per heavy atom. The Bertz CT molecular complexity index is 2360. The maximum Gasteiger partial charge on any atom is 0.432 e. The van der Waals surface area contributed by atoms with Gasteiger partial charge >= 0.3 is 6.92 Å². The number of benzene rings is 6. The summed E-state index contributed by atoms with van der Waals surface area (Å²) in [5.74, 6) is 0.952. The predicted octanol–water partition coefficient (Wildman–Crippen LogP) is 10.8. The number of fused-ring (bicyclic) bond motifs is 10. The van der Waals surface area contributed by atoms with Crippen LogP contribution in [0.15, 0.2) is 109 Å². The van der Waals surface area contributed by atoms with E-state index in [0.717, 1.165) is 5.75 Å². The third kappa shape index (κ3) is 3.96. The van der Waals surface area contributed by atoms with Crippen LogP contribution in [0.25, 0.3) is 42.1 Å². The van der Waals surface area contributed by atoms with Crippen molar-refractivity contribution in [2.75, 3.05) is 4.90 Å². The summed E-state index contributed by atoms with van der Waals surface area (Å²) >= 11 is 1.90. The van der Waals surface area contributed by atoms with E-state index in [9.17, 15) is 0 Å². The normalized spacial score (nSPS) is 14.0. The maximum atomic E-state index is 7.12. The molecule has 4 heteroatoms. The molecule has 0 spiro atoms. The highest BCUT2D eigenvalue weighted by molar-refractivity contribution is 7.26. The second-order valence-electron chi connectivity index (χ2n) is 15.0. The van der Waals surface area contributed by atoms with Crippen LogP contribution in [0.3, 0.4) is 0 Å². The Morgan fingerprint density at radius 1 is 0.609 bits per heavy atom. The molecule has 0 aliphatic carbocycles. The fourth-order valence-electron chi connectivity index (χ4n) is 7.51. The average Bonchev–Trinajstić information content (AvgIpc) is 3.42. The van der Waals surface area contributed by atoms with Crippen molar-refractivity contribution >= 4 is 77.2 Å². The summed E-state index contributed by atoms with van der Waals surface area (Å²) in [6.07, 6.45) is 0. The van der Waals surface area contributed by atoms with Gasteiger partial charge in [-0.2, -0.15) is 0 Å². The van der Waals surface area contributed by atoms with Crippen LogP contribution in [0.2, 0.25) is 0 Å². The number of anilines is 3. The zero-order chi connectivity index (χ0) is 31.5. The molecule has 0 radical (unpaired) electrons. The summed E-state index contributed by atoms with van der Waals surface area (Å²) in [7, 11) is 0. The third-order valence-electron chi connectivity index (χ3n) is 9.95. The van der Waals surface area contributed by atoms with Crippen molar-refractivity contribution in [1.82, 2.24) is 0 Å². The van der Waals surface area contributed by atoms with Crippen molar-refractivity contribution in [3.05, 3.63) is 120 Å². The zero-order valence-electron chi connectivity index (χ0n) is 27.2. The lowest BCUT2D eigenvalue weighted by Gasteiger charge is -2.41. The Balaban J connectivity index is 1.48. The van der Waals surface area contributed by atoms with Gasteiger partial charge < -0.3 is 9.55 Å². The van der Waals surface area contributed by atoms with Gasteiger partial charge in [0.25, 0.3) is 0 Å². The Hall–Kier alpha value is -4.54. The molecule has 2 aliphatic rings. The van der Waals surface area contributed by atoms with Crippen molar-refractivity contribution in [3.63, 3.8) is 0 Å². The Morgan fingerprint density at radius 2 is 1.28 bits per heavy atom. The summed E-state index contributed by atoms with van der Waals surface area (Å²) in [6.45, 7) is 13.7. The van der Waals surface area contributed by atoms with Crippen LogP contribution in [-0.2, 0) is 10.8 Å². The summed E-state index contributed by atoms with van der Waals surface area (Å²) in [5, 5.41) is 5.09. The molecule has 3 heterocycles. The SMILES string of the molecule is CC(C)(C)c1cc(N2c3cc4c(sc5ccccc54)c4c3B(Oc3ccccc3-4)c3c2ccc2ccccc32)cc(C(C)(C)C)c1. The minimum Gasteiger partial charge on any atom is -0.551 e. The first-order chi connectivity index (χ1) is 22.1. The van der Waals surface area contributed by atoms with E-state index in [1.165, 1.54) is 81.2 Å². The molecule has 0 saturated heterocycles. The van der Waals surface area contributed by atoms with Crippen LogP contribution in [0, 0.1) is 0 Å². The molecule has 1 aromatic heterocycles. The van der Waals surface area contributed by atoms with Crippen LogP contribution < -0.4 is 20.5 Å². The molecule has 224 valence electrons. The van der Waals surface area contributed by atoms with Gasteiger partial charge in [-0.25, -0.2) is 0 Å². The molecule has 0 unspecified atom stereocenters. The van der Waals surface area contributed by atoms with Crippen molar-refractivity contribution in [3.8, 4) is 16.9 Å². The van der Waals surface area contributed by atoms with Gasteiger partial charge in [-0.3, -0.25) is 0 Å². The topological polar surface area (TPSA) is 12.5 Å². The van der Waals surface area contributed by atoms with Gasteiger partial charge in [0.05, 0.1) is 0 Å². The van der Waals surface area contributed by atoms with Crippen molar-refractivity contribution < 1.29 is 4.65 Å². The van der Waals surface area contributed by atoms with E-state index in [1.54, 1.807) is 0 Å². The third-order valence-corrected chi connectivity index (χ3v) is 11.2. The number of nitrogens with zero attached hydrogens (tertiary/aromatic N) is 1. The summed E-state index contributed by atoms with van der Waals surface area (Å²) in [5.41, 5.74) is 11.3. The maximum absolute atomic E-state index is 7.12. The standard InChI is InChI=1S/C42H36BNOS/c1-41(2,3)26-21-27(42(4,5)6)23-28(22-26)44-33-20-19-25-13-7-8-14-29(25)38(33)43-39-34(44)24-32-30-15-10-12-18-36(30)46-40(32)37(39)31-16-9-11-17-35(31)45-43/h7-24H,1-6H3. The zero-order valence-corrected chi connectivity index (χ0v) is 28.0. The van der Waals surface area contributed by atoms with Gasteiger partial charge in [0, 0.05) is 59.3 Å². The Labute approximate surface area is 275 Å². The number of thiophene rings is 1. The van der Waals surface area contributed by atoms with Gasteiger partial charge in [0.1, 0.15) is 5.75 Å². The molecule has 0 amide bonds. The summed E-state index contributed by atoms with van der Waals surface area (Å²) in [4.78, 5) is 2.55. The molecular weight excluding hydrogens is 577 g/mol. The van der Waals surface area contributed by atoms with E-state index in [4.69, 9.17) is 4.65 Å². The monoisotopic (exact) mass is 613 g/mol. The fourth-order valence-corrected chi connectivity index (χ4v) is 8.77. The largest absolute Gasteiger partial charge is 0.551 e. The highest BCUT2D eigenvalue weighted by Crippen LogP contribution is 2.50. The molecule has 6 aromatic carbocycles. The van der Waals surface area contributed by atoms with Crippen LogP contribution >= 0.6 is 11.3 Å². The van der Waals surface area contributed by atoms with E-state index in [1.807, 2.05) is 11.3 Å². The number of rotatable bonds is 1. The second kappa shape index (κ2) is 9.50. The molecular formula is C42H36BNOS. The minimum absolute atomic E-state index is 0.00442. The van der Waals surface area contributed by atoms with Crippen LogP contribution in [0.4, 0.5) is 17.1 Å². The number of para-hydroxylation sites is 1. The van der Waals surface area contributed by atoms with Gasteiger partial charge in [0.2, 0.25) is 0 Å². The lowest BCUT2D eigenvalue weighted by molar-refractivity contribution is 0.568. The first-order valence-corrected chi connectivity index (χ1v) is 17.1. The number of hydrogen-bond acceptors (Lipinski definition) is 3. The molecule has 7 aromatic rings. The molecule has 9 rings (SSSR count). The average molecular weight is 614 g/mol. The highest BCUT2D eigenvalue weighted by Gasteiger charge is 2.45. The molecule has 2 aliphatic heterocycles. The van der Waals surface area contributed by atoms with Crippen LogP contribution in [0.5, 0.6) is 5.75 Å². The lowest BCUT2D eigenvalue weighted by Crippen LogP contribution is -2.56. The highest BCUT2D eigenvalue weighted by atomic mass is 32.1. The van der Waals surface area contributed by atoms with Gasteiger partial charge in [-0.15, -0.1) is 11.3 Å². The van der Waals surface area contributed by atoms with E-state index in [2.05, 4.69) is 156 Å². The quantitative estimate of drug-likeness (QED) is 0.171. The van der Waals surface area contributed by atoms with E-state index < -0.39 is 0 Å². The molecule has 0 atom stereocenters. The van der Waals surface area contributed by atoms with Crippen molar-refractivity contribution in [2.24, 2.45) is 0 Å². The lowest BCUT2D eigenvalue weighted by atomic mass is 9.48. The number of hydrogen-bond donors (Lipinski definition) is 0. The smallest absolute Gasteiger partial charge is 0.432 e. The molecule has 0 saturated carbocycles. The minimum atomic E-state index is -0.222. The van der Waals surface area contributed by atoms with Crippen LogP contribution in [-0.4, -0.2) is 6.92 Å². The Kier molecular flexibility index (Phi) is 5.73. The van der Waals surface area contributed by atoms with Gasteiger partial charge in [0.15, 0.2) is 0 Å². The first kappa shape index (κ1) is 27.7. The molecule has 0 fully saturated rings. The molecule has 0 N–H and O–H groups in total. The van der Waals surface area contributed by atoms with Crippen molar-refractivity contribution in [2.45, 2.75) is 52.4 Å². The molecule has 0 bridgehead atoms. The van der Waals surface area contributed by atoms with Crippen molar-refractivity contribution in [1.29, 1.82) is 0 Å². The van der Waals surface area contributed by atoms with Gasteiger partial charge in [-0.05, 0) is 69.1 Å². The predicted molar refractivity (Wildman–Crippen MR) is 200 cm³/mol. The van der Waals surface area contributed by atoms with Gasteiger partial charge in [-0.1, -0.05) is 114 Å². The first-order valence-electron chi connectivity index (χ1n) is 16.3. The summed E-state index contributed by atoms with van der Waals surface area (Å²) < 4.78 is 9.77. The van der Waals surface area contributed by atoms with E-state index >= 15 is 0 Å².